The maximum absolute atomic E-state index is 12.9. The van der Waals surface area contributed by atoms with Gasteiger partial charge in [0.2, 0.25) is 11.7 Å². The van der Waals surface area contributed by atoms with Crippen molar-refractivity contribution < 1.29 is 19.1 Å². The van der Waals surface area contributed by atoms with Gasteiger partial charge in [-0.25, -0.2) is 9.78 Å². The molecular formula is C21H18N4O4. The van der Waals surface area contributed by atoms with Crippen LogP contribution in [0.25, 0.3) is 17.1 Å². The van der Waals surface area contributed by atoms with E-state index in [9.17, 15) is 9.59 Å². The summed E-state index contributed by atoms with van der Waals surface area (Å²) in [7, 11) is 0. The highest BCUT2D eigenvalue weighted by Crippen LogP contribution is 2.30. The van der Waals surface area contributed by atoms with E-state index in [1.165, 1.54) is 0 Å². The molecule has 8 nitrogen and oxygen atoms in total. The average Bonchev–Trinajstić information content (AvgIpc) is 3.25. The molecule has 1 aliphatic heterocycles. The second kappa shape index (κ2) is 7.51. The number of nitrogens with one attached hydrogen (secondary N) is 2. The molecule has 0 radical (unpaired) electrons. The number of nitrogen functional groups attached to an aromatic ring is 1. The largest absolute Gasteiger partial charge is 0.462 e. The zero-order valence-corrected chi connectivity index (χ0v) is 15.6. The molecule has 0 saturated carbocycles. The average molecular weight is 390 g/mol. The lowest BCUT2D eigenvalue weighted by Gasteiger charge is -2.09. The smallest absolute Gasteiger partial charge is 0.347 e. The molecule has 8 heteroatoms. The number of Topliss-reactive ketones (excluding diaryl/α,β-unsaturated/α-hetero) is 1. The van der Waals surface area contributed by atoms with E-state index in [1.807, 2.05) is 6.07 Å². The molecule has 0 fully saturated rings. The molecule has 0 bridgehead atoms. The third-order valence-electron chi connectivity index (χ3n) is 4.31. The number of nitrogens with two attached hydrogens (primary N) is 1. The molecule has 1 aromatic carbocycles. The molecule has 4 N–H and O–H groups in total. The van der Waals surface area contributed by atoms with Crippen LogP contribution >= 0.6 is 0 Å². The molecule has 0 amide bonds. The molecule has 0 aliphatic carbocycles. The fourth-order valence-electron chi connectivity index (χ4n) is 2.94. The Morgan fingerprint density at radius 2 is 2.10 bits per heavy atom. The van der Waals surface area contributed by atoms with E-state index in [0.717, 1.165) is 5.39 Å². The number of aromatic nitrogens is 2. The molecule has 146 valence electrons. The molecule has 1 aliphatic rings. The highest BCUT2D eigenvalue weighted by atomic mass is 16.5. The van der Waals surface area contributed by atoms with Crippen molar-refractivity contribution >= 4 is 40.2 Å². The second-order valence-electron chi connectivity index (χ2n) is 6.25. The van der Waals surface area contributed by atoms with Crippen LogP contribution < -0.4 is 11.1 Å². The normalized spacial score (nSPS) is 15.1. The number of anilines is 2. The zero-order valence-electron chi connectivity index (χ0n) is 15.6. The van der Waals surface area contributed by atoms with Gasteiger partial charge in [-0.2, -0.15) is 0 Å². The van der Waals surface area contributed by atoms with Gasteiger partial charge in [0.05, 0.1) is 6.61 Å². The van der Waals surface area contributed by atoms with Crippen LogP contribution in [-0.4, -0.2) is 28.3 Å². The number of ether oxygens (including phenoxy) is 2. The Hall–Kier alpha value is -4.07. The van der Waals surface area contributed by atoms with Crippen LogP contribution in [0.2, 0.25) is 0 Å². The molecule has 0 saturated heterocycles. The monoisotopic (exact) mass is 390 g/mol. The van der Waals surface area contributed by atoms with Gasteiger partial charge in [0.15, 0.2) is 11.3 Å². The molecule has 3 aromatic rings. The van der Waals surface area contributed by atoms with Crippen molar-refractivity contribution in [3.8, 4) is 0 Å². The number of carbonyl (C=O) groups is 2. The lowest BCUT2D eigenvalue weighted by Crippen LogP contribution is -2.16. The summed E-state index contributed by atoms with van der Waals surface area (Å²) in [5, 5.41) is 3.78. The number of ketones is 1. The summed E-state index contributed by atoms with van der Waals surface area (Å²) in [6, 6.07) is 10.5. The van der Waals surface area contributed by atoms with E-state index in [-0.39, 0.29) is 23.8 Å². The minimum absolute atomic E-state index is 0.00995. The van der Waals surface area contributed by atoms with Crippen molar-refractivity contribution in [1.82, 2.24) is 9.97 Å². The minimum atomic E-state index is -0.751. The first-order valence-corrected chi connectivity index (χ1v) is 8.97. The Morgan fingerprint density at radius 1 is 1.31 bits per heavy atom. The van der Waals surface area contributed by atoms with E-state index in [1.54, 1.807) is 55.7 Å². The number of nitrogens with zero attached hydrogens (tertiary/aromatic N) is 1. The number of H-pyrrole nitrogens is 1. The van der Waals surface area contributed by atoms with Crippen molar-refractivity contribution in [2.45, 2.75) is 6.92 Å². The van der Waals surface area contributed by atoms with Gasteiger partial charge in [-0.3, -0.25) is 4.79 Å². The Morgan fingerprint density at radius 3 is 2.86 bits per heavy atom. The third-order valence-corrected chi connectivity index (χ3v) is 4.31. The van der Waals surface area contributed by atoms with Crippen molar-refractivity contribution in [3.05, 3.63) is 71.6 Å². The van der Waals surface area contributed by atoms with Crippen molar-refractivity contribution in [3.63, 3.8) is 0 Å². The lowest BCUT2D eigenvalue weighted by molar-refractivity contribution is -0.139. The fourth-order valence-corrected chi connectivity index (χ4v) is 2.94. The second-order valence-corrected chi connectivity index (χ2v) is 6.25. The standard InChI is InChI=1S/C21H18N4O4/c1-2-28-21(27)17-18(26)16(10-12-11-24-19-15(12)4-3-9-23-19)29-20(17)25-14-7-5-13(22)6-8-14/h3-11,25H,2,22H2,1H3,(H,23,24)/b16-10-. The van der Waals surface area contributed by atoms with Crippen LogP contribution in [-0.2, 0) is 19.1 Å². The summed E-state index contributed by atoms with van der Waals surface area (Å²) < 4.78 is 10.8. The number of hydrogen-bond acceptors (Lipinski definition) is 7. The van der Waals surface area contributed by atoms with Gasteiger partial charge in [-0.05, 0) is 49.4 Å². The molecular weight excluding hydrogens is 372 g/mol. The maximum Gasteiger partial charge on any atom is 0.347 e. The van der Waals surface area contributed by atoms with Crippen LogP contribution in [0.3, 0.4) is 0 Å². The summed E-state index contributed by atoms with van der Waals surface area (Å²) in [6.45, 7) is 1.80. The molecule has 4 rings (SSSR count). The van der Waals surface area contributed by atoms with Gasteiger partial charge < -0.3 is 25.5 Å². The summed E-state index contributed by atoms with van der Waals surface area (Å²) in [4.78, 5) is 32.5. The molecule has 0 spiro atoms. The first-order valence-electron chi connectivity index (χ1n) is 8.97. The fraction of sp³-hybridized carbons (Fsp3) is 0.0952. The molecule has 0 atom stereocenters. The molecule has 0 unspecified atom stereocenters. The molecule has 29 heavy (non-hydrogen) atoms. The Labute approximate surface area is 166 Å². The number of benzene rings is 1. The first kappa shape index (κ1) is 18.3. The van der Waals surface area contributed by atoms with E-state index in [2.05, 4.69) is 15.3 Å². The third kappa shape index (κ3) is 3.55. The van der Waals surface area contributed by atoms with E-state index in [0.29, 0.717) is 22.6 Å². The number of pyridine rings is 1. The lowest BCUT2D eigenvalue weighted by atomic mass is 10.1. The molecule has 3 heterocycles. The number of rotatable bonds is 5. The van der Waals surface area contributed by atoms with Crippen LogP contribution in [0.5, 0.6) is 0 Å². The zero-order chi connectivity index (χ0) is 20.4. The first-order chi connectivity index (χ1) is 14.1. The quantitative estimate of drug-likeness (QED) is 0.265. The van der Waals surface area contributed by atoms with Crippen LogP contribution in [0.4, 0.5) is 11.4 Å². The van der Waals surface area contributed by atoms with Gasteiger partial charge in [0.25, 0.3) is 0 Å². The number of hydrogen-bond donors (Lipinski definition) is 3. The van der Waals surface area contributed by atoms with Crippen LogP contribution in [0, 0.1) is 0 Å². The van der Waals surface area contributed by atoms with E-state index >= 15 is 0 Å². The number of aromatic amines is 1. The van der Waals surface area contributed by atoms with Gasteiger partial charge in [-0.1, -0.05) is 0 Å². The highest BCUT2D eigenvalue weighted by molar-refractivity contribution is 6.26. The number of fused-ring (bicyclic) bond motifs is 1. The maximum atomic E-state index is 12.9. The Bertz CT molecular complexity index is 1160. The molecule has 2 aromatic heterocycles. The van der Waals surface area contributed by atoms with Gasteiger partial charge >= 0.3 is 5.97 Å². The predicted octanol–water partition coefficient (Wildman–Crippen LogP) is 2.97. The number of carbonyl (C=O) groups excluding carboxylic acids is 2. The van der Waals surface area contributed by atoms with Crippen LogP contribution in [0.15, 0.2) is 66.0 Å². The Kier molecular flexibility index (Phi) is 4.74. The van der Waals surface area contributed by atoms with Crippen molar-refractivity contribution in [2.75, 3.05) is 17.7 Å². The predicted molar refractivity (Wildman–Crippen MR) is 108 cm³/mol. The number of allylic oxidation sites excluding steroid dienone is 1. The Balaban J connectivity index is 1.70. The SMILES string of the molecule is CCOC(=O)C1=C(Nc2ccc(N)cc2)O/C(=C\c2c[nH]c3ncccc23)C1=O. The van der Waals surface area contributed by atoms with Crippen LogP contribution in [0.1, 0.15) is 12.5 Å². The summed E-state index contributed by atoms with van der Waals surface area (Å²) >= 11 is 0. The summed E-state index contributed by atoms with van der Waals surface area (Å²) in [5.74, 6) is -1.28. The summed E-state index contributed by atoms with van der Waals surface area (Å²) in [5.41, 5.74) is 8.11. The van der Waals surface area contributed by atoms with Crippen molar-refractivity contribution in [1.29, 1.82) is 0 Å². The van der Waals surface area contributed by atoms with Gasteiger partial charge in [-0.15, -0.1) is 0 Å². The van der Waals surface area contributed by atoms with E-state index in [4.69, 9.17) is 15.2 Å². The topological polar surface area (TPSA) is 119 Å². The van der Waals surface area contributed by atoms with E-state index < -0.39 is 11.8 Å². The van der Waals surface area contributed by atoms with Crippen molar-refractivity contribution in [2.24, 2.45) is 0 Å². The number of esters is 1. The van der Waals surface area contributed by atoms with Gasteiger partial charge in [0.1, 0.15) is 5.65 Å². The van der Waals surface area contributed by atoms with Gasteiger partial charge in [0, 0.05) is 34.7 Å². The summed E-state index contributed by atoms with van der Waals surface area (Å²) in [6.07, 6.45) is 4.96. The minimum Gasteiger partial charge on any atom is -0.462 e. The highest BCUT2D eigenvalue weighted by Gasteiger charge is 2.37.